The van der Waals surface area contributed by atoms with Crippen LogP contribution in [-0.2, 0) is 11.3 Å². The predicted molar refractivity (Wildman–Crippen MR) is 129 cm³/mol. The molecule has 0 saturated carbocycles. The van der Waals surface area contributed by atoms with Crippen LogP contribution in [0.1, 0.15) is 18.1 Å². The molecule has 0 bridgehead atoms. The van der Waals surface area contributed by atoms with Crippen molar-refractivity contribution in [3.05, 3.63) is 87.3 Å². The molecule has 0 aliphatic heterocycles. The lowest BCUT2D eigenvalue weighted by Gasteiger charge is -2.21. The Balaban J connectivity index is 1.64. The maximum absolute atomic E-state index is 14.3. The first-order valence-electron chi connectivity index (χ1n) is 10.2. The minimum Gasteiger partial charge on any atom is -0.312 e. The lowest BCUT2D eigenvalue weighted by molar-refractivity contribution is -0.116. The second-order valence-electron chi connectivity index (χ2n) is 7.28. The summed E-state index contributed by atoms with van der Waals surface area (Å²) in [5.74, 6) is -0.351. The van der Waals surface area contributed by atoms with Crippen LogP contribution >= 0.6 is 23.1 Å². The van der Waals surface area contributed by atoms with Gasteiger partial charge in [-0.25, -0.2) is 9.37 Å². The van der Waals surface area contributed by atoms with Crippen molar-refractivity contribution >= 4 is 44.9 Å². The highest BCUT2D eigenvalue weighted by molar-refractivity contribution is 7.99. The van der Waals surface area contributed by atoms with Crippen LogP contribution in [0.25, 0.3) is 10.2 Å². The normalized spacial score (nSPS) is 11.1. The zero-order chi connectivity index (χ0) is 22.7. The minimum absolute atomic E-state index is 0.0538. The third-order valence-corrected chi connectivity index (χ3v) is 6.93. The van der Waals surface area contributed by atoms with Crippen LogP contribution in [0.2, 0.25) is 0 Å². The highest BCUT2D eigenvalue weighted by atomic mass is 32.2. The molecule has 0 N–H and O–H groups in total. The molecule has 0 fully saturated rings. The van der Waals surface area contributed by atoms with E-state index >= 15 is 0 Å². The van der Waals surface area contributed by atoms with Crippen LogP contribution in [0.4, 0.5) is 10.1 Å². The number of halogens is 1. The second-order valence-corrected chi connectivity index (χ2v) is 9.14. The van der Waals surface area contributed by atoms with Gasteiger partial charge >= 0.3 is 0 Å². The van der Waals surface area contributed by atoms with E-state index in [0.29, 0.717) is 27.5 Å². The third-order valence-electron chi connectivity index (χ3n) is 5.07. The van der Waals surface area contributed by atoms with E-state index in [0.717, 1.165) is 11.3 Å². The van der Waals surface area contributed by atoms with Gasteiger partial charge in [-0.3, -0.25) is 14.2 Å². The van der Waals surface area contributed by atoms with E-state index in [1.54, 1.807) is 29.2 Å². The van der Waals surface area contributed by atoms with Gasteiger partial charge in [0.15, 0.2) is 5.16 Å². The quantitative estimate of drug-likeness (QED) is 0.280. The molecule has 4 aromatic rings. The molecule has 0 spiro atoms. The Morgan fingerprint density at radius 1 is 1.19 bits per heavy atom. The van der Waals surface area contributed by atoms with Gasteiger partial charge < -0.3 is 4.90 Å². The Labute approximate surface area is 193 Å². The van der Waals surface area contributed by atoms with Crippen LogP contribution in [0.5, 0.6) is 0 Å². The molecule has 2 aromatic carbocycles. The summed E-state index contributed by atoms with van der Waals surface area (Å²) in [5.41, 5.74) is 2.67. The average Bonchev–Trinajstić information content (AvgIpc) is 3.25. The number of amides is 1. The van der Waals surface area contributed by atoms with Gasteiger partial charge in [0, 0.05) is 17.8 Å². The maximum Gasteiger partial charge on any atom is 0.272 e. The van der Waals surface area contributed by atoms with Gasteiger partial charge in [0.05, 0.1) is 17.8 Å². The monoisotopic (exact) mass is 467 g/mol. The van der Waals surface area contributed by atoms with Gasteiger partial charge in [-0.2, -0.15) is 0 Å². The van der Waals surface area contributed by atoms with E-state index in [9.17, 15) is 14.0 Å². The van der Waals surface area contributed by atoms with Crippen molar-refractivity contribution in [2.24, 2.45) is 0 Å². The van der Waals surface area contributed by atoms with Gasteiger partial charge in [-0.15, -0.1) is 11.3 Å². The number of carbonyl (C=O) groups excluding carboxylic acids is 1. The lowest BCUT2D eigenvalue weighted by Crippen LogP contribution is -2.32. The molecule has 5 nitrogen and oxygen atoms in total. The Kier molecular flexibility index (Phi) is 6.72. The molecule has 0 unspecified atom stereocenters. The molecule has 32 heavy (non-hydrogen) atoms. The smallest absolute Gasteiger partial charge is 0.272 e. The Bertz CT molecular complexity index is 1330. The highest BCUT2D eigenvalue weighted by Gasteiger charge is 2.19. The SMILES string of the molecule is CCN(C(=O)CSc1nc2ccsc2c(=O)n1Cc1ccccc1F)c1cccc(C)c1. The van der Waals surface area contributed by atoms with Crippen LogP contribution < -0.4 is 10.5 Å². The lowest BCUT2D eigenvalue weighted by atomic mass is 10.2. The number of nitrogens with zero attached hydrogens (tertiary/aromatic N) is 3. The molecule has 0 radical (unpaired) electrons. The molecule has 4 rings (SSSR count). The molecule has 2 heterocycles. The maximum atomic E-state index is 14.3. The van der Waals surface area contributed by atoms with Gasteiger partial charge in [0.1, 0.15) is 10.5 Å². The summed E-state index contributed by atoms with van der Waals surface area (Å²) in [6.45, 7) is 4.49. The zero-order valence-corrected chi connectivity index (χ0v) is 19.4. The van der Waals surface area contributed by atoms with Crippen molar-refractivity contribution in [3.8, 4) is 0 Å². The summed E-state index contributed by atoms with van der Waals surface area (Å²) >= 11 is 2.51. The summed E-state index contributed by atoms with van der Waals surface area (Å²) in [4.78, 5) is 32.5. The molecule has 0 atom stereocenters. The number of benzene rings is 2. The van der Waals surface area contributed by atoms with Gasteiger partial charge in [-0.05, 0) is 49.1 Å². The number of anilines is 1. The number of hydrogen-bond donors (Lipinski definition) is 0. The van der Waals surface area contributed by atoms with E-state index in [1.807, 2.05) is 43.5 Å². The summed E-state index contributed by atoms with van der Waals surface area (Å²) in [6.07, 6.45) is 0. The summed E-state index contributed by atoms with van der Waals surface area (Å²) in [5, 5.41) is 2.21. The molecule has 1 amide bonds. The molecular weight excluding hydrogens is 445 g/mol. The van der Waals surface area contributed by atoms with Crippen molar-refractivity contribution in [1.82, 2.24) is 9.55 Å². The Hall–Kier alpha value is -2.97. The van der Waals surface area contributed by atoms with E-state index in [4.69, 9.17) is 0 Å². The van der Waals surface area contributed by atoms with Crippen molar-refractivity contribution < 1.29 is 9.18 Å². The fourth-order valence-electron chi connectivity index (χ4n) is 3.47. The fraction of sp³-hybridized carbons (Fsp3) is 0.208. The summed E-state index contributed by atoms with van der Waals surface area (Å²) in [6, 6.07) is 15.9. The standard InChI is InChI=1S/C24H22FN3O2S2/c1-3-27(18-9-6-7-16(2)13-18)21(29)15-32-24-26-20-11-12-31-22(20)23(30)28(24)14-17-8-4-5-10-19(17)25/h4-13H,3,14-15H2,1-2H3. The molecule has 164 valence electrons. The first kappa shape index (κ1) is 22.2. The fourth-order valence-corrected chi connectivity index (χ4v) is 5.13. The van der Waals surface area contributed by atoms with Crippen LogP contribution in [-0.4, -0.2) is 27.8 Å². The van der Waals surface area contributed by atoms with Crippen molar-refractivity contribution in [2.45, 2.75) is 25.5 Å². The number of aryl methyl sites for hydroxylation is 1. The number of thioether (sulfide) groups is 1. The van der Waals surface area contributed by atoms with Crippen LogP contribution in [0, 0.1) is 12.7 Å². The number of rotatable bonds is 7. The Morgan fingerprint density at radius 3 is 2.75 bits per heavy atom. The number of aromatic nitrogens is 2. The van der Waals surface area contributed by atoms with Crippen molar-refractivity contribution in [3.63, 3.8) is 0 Å². The first-order chi connectivity index (χ1) is 15.5. The van der Waals surface area contributed by atoms with Crippen molar-refractivity contribution in [2.75, 3.05) is 17.2 Å². The molecule has 0 aliphatic rings. The van der Waals surface area contributed by atoms with E-state index < -0.39 is 0 Å². The molecule has 0 aliphatic carbocycles. The second kappa shape index (κ2) is 9.67. The van der Waals surface area contributed by atoms with E-state index in [1.165, 1.54) is 33.7 Å². The van der Waals surface area contributed by atoms with Gasteiger partial charge in [0.25, 0.3) is 5.56 Å². The highest BCUT2D eigenvalue weighted by Crippen LogP contribution is 2.24. The largest absolute Gasteiger partial charge is 0.312 e. The number of thiophene rings is 1. The predicted octanol–water partition coefficient (Wildman–Crippen LogP) is 5.10. The molecule has 0 saturated heterocycles. The summed E-state index contributed by atoms with van der Waals surface area (Å²) < 4.78 is 16.3. The minimum atomic E-state index is -0.380. The first-order valence-corrected chi connectivity index (χ1v) is 12.1. The topological polar surface area (TPSA) is 55.2 Å². The molecule has 8 heteroatoms. The summed E-state index contributed by atoms with van der Waals surface area (Å²) in [7, 11) is 0. The molecular formula is C24H22FN3O2S2. The zero-order valence-electron chi connectivity index (χ0n) is 17.7. The van der Waals surface area contributed by atoms with Crippen LogP contribution in [0.3, 0.4) is 0 Å². The molecule has 2 aromatic heterocycles. The van der Waals surface area contributed by atoms with Gasteiger partial charge in [-0.1, -0.05) is 42.1 Å². The number of carbonyl (C=O) groups is 1. The van der Waals surface area contributed by atoms with Crippen LogP contribution in [0.15, 0.2) is 69.9 Å². The van der Waals surface area contributed by atoms with Crippen molar-refractivity contribution in [1.29, 1.82) is 0 Å². The Morgan fingerprint density at radius 2 is 2.00 bits per heavy atom. The van der Waals surface area contributed by atoms with E-state index in [2.05, 4.69) is 4.98 Å². The van der Waals surface area contributed by atoms with E-state index in [-0.39, 0.29) is 29.6 Å². The van der Waals surface area contributed by atoms with Gasteiger partial charge in [0.2, 0.25) is 5.91 Å². The third kappa shape index (κ3) is 4.61. The average molecular weight is 468 g/mol. The number of fused-ring (bicyclic) bond motifs is 1. The number of hydrogen-bond acceptors (Lipinski definition) is 5.